The van der Waals surface area contributed by atoms with E-state index in [0.29, 0.717) is 17.6 Å². The predicted octanol–water partition coefficient (Wildman–Crippen LogP) is 2.42. The van der Waals surface area contributed by atoms with Crippen molar-refractivity contribution in [1.82, 2.24) is 10.2 Å². The van der Waals surface area contributed by atoms with E-state index in [9.17, 15) is 5.11 Å². The first kappa shape index (κ1) is 16.4. The zero-order valence-electron chi connectivity index (χ0n) is 13.7. The molecule has 1 aromatic rings. The smallest absolute Gasteiger partial charge is 0.0991 e. The number of rotatable bonds is 4. The highest BCUT2D eigenvalue weighted by atomic mass is 16.3. The van der Waals surface area contributed by atoms with Crippen LogP contribution in [0, 0.1) is 11.3 Å². The molecule has 0 amide bonds. The van der Waals surface area contributed by atoms with Gasteiger partial charge < -0.3 is 10.4 Å². The van der Waals surface area contributed by atoms with Gasteiger partial charge in [0.25, 0.3) is 0 Å². The van der Waals surface area contributed by atoms with Crippen LogP contribution < -0.4 is 5.32 Å². The molecule has 1 saturated carbocycles. The van der Waals surface area contributed by atoms with E-state index in [1.54, 1.807) is 0 Å². The van der Waals surface area contributed by atoms with Gasteiger partial charge in [-0.05, 0) is 43.4 Å². The van der Waals surface area contributed by atoms with Crippen molar-refractivity contribution in [2.24, 2.45) is 0 Å². The number of nitrogens with zero attached hydrogens (tertiary/aromatic N) is 2. The Kier molecular flexibility index (Phi) is 5.66. The maximum absolute atomic E-state index is 10.2. The minimum Gasteiger partial charge on any atom is -0.391 e. The van der Waals surface area contributed by atoms with E-state index in [4.69, 9.17) is 5.26 Å². The number of nitriles is 1. The summed E-state index contributed by atoms with van der Waals surface area (Å²) in [6.07, 6.45) is 6.76. The average molecular weight is 313 g/mol. The Morgan fingerprint density at radius 2 is 1.78 bits per heavy atom. The van der Waals surface area contributed by atoms with Gasteiger partial charge in [-0.2, -0.15) is 5.26 Å². The molecule has 23 heavy (non-hydrogen) atoms. The van der Waals surface area contributed by atoms with Crippen LogP contribution in [0.4, 0.5) is 0 Å². The molecule has 1 aliphatic heterocycles. The quantitative estimate of drug-likeness (QED) is 0.896. The lowest BCUT2D eigenvalue weighted by molar-refractivity contribution is 0.00714. The molecule has 124 valence electrons. The minimum atomic E-state index is -0.119. The Hall–Kier alpha value is -1.41. The zero-order valence-corrected chi connectivity index (χ0v) is 13.7. The molecule has 0 bridgehead atoms. The highest BCUT2D eigenvalue weighted by Gasteiger charge is 2.31. The second-order valence-electron chi connectivity index (χ2n) is 6.92. The first-order valence-corrected chi connectivity index (χ1v) is 8.91. The van der Waals surface area contributed by atoms with Crippen molar-refractivity contribution < 1.29 is 5.11 Å². The number of benzene rings is 1. The molecule has 0 spiro atoms. The molecular weight excluding hydrogens is 286 g/mol. The number of nitrogens with one attached hydrogen (secondary N) is 1. The van der Waals surface area contributed by atoms with Crippen molar-refractivity contribution in [1.29, 1.82) is 5.26 Å². The van der Waals surface area contributed by atoms with Gasteiger partial charge in [-0.25, -0.2) is 0 Å². The molecule has 0 radical (unpaired) electrons. The zero-order chi connectivity index (χ0) is 16.1. The molecule has 2 unspecified atom stereocenters. The molecule has 2 atom stereocenters. The first-order chi connectivity index (χ1) is 11.3. The van der Waals surface area contributed by atoms with Gasteiger partial charge in [0.15, 0.2) is 0 Å². The Morgan fingerprint density at radius 3 is 2.43 bits per heavy atom. The SMILES string of the molecule is N#Cc1ccc(CNC2CCN(C3CCCCC3O)CC2)cc1. The molecular formula is C19H27N3O. The highest BCUT2D eigenvalue weighted by molar-refractivity contribution is 5.31. The van der Waals surface area contributed by atoms with Crippen LogP contribution in [0.5, 0.6) is 0 Å². The van der Waals surface area contributed by atoms with Gasteiger partial charge >= 0.3 is 0 Å². The van der Waals surface area contributed by atoms with Crippen LogP contribution in [0.15, 0.2) is 24.3 Å². The van der Waals surface area contributed by atoms with Gasteiger partial charge in [-0.15, -0.1) is 0 Å². The van der Waals surface area contributed by atoms with Crippen LogP contribution in [0.2, 0.25) is 0 Å². The molecule has 4 nitrogen and oxygen atoms in total. The van der Waals surface area contributed by atoms with Gasteiger partial charge in [0.1, 0.15) is 0 Å². The van der Waals surface area contributed by atoms with E-state index in [1.807, 2.05) is 24.3 Å². The predicted molar refractivity (Wildman–Crippen MR) is 90.9 cm³/mol. The molecule has 1 aromatic carbocycles. The second-order valence-corrected chi connectivity index (χ2v) is 6.92. The fourth-order valence-corrected chi connectivity index (χ4v) is 3.91. The van der Waals surface area contributed by atoms with Gasteiger partial charge in [0, 0.05) is 31.7 Å². The number of aliphatic hydroxyl groups excluding tert-OH is 1. The Morgan fingerprint density at radius 1 is 1.09 bits per heavy atom. The summed E-state index contributed by atoms with van der Waals surface area (Å²) in [5.74, 6) is 0. The van der Waals surface area contributed by atoms with Gasteiger partial charge in [0.2, 0.25) is 0 Å². The van der Waals surface area contributed by atoms with E-state index in [1.165, 1.54) is 18.4 Å². The van der Waals surface area contributed by atoms with Crippen LogP contribution in [-0.2, 0) is 6.54 Å². The monoisotopic (exact) mass is 313 g/mol. The second kappa shape index (κ2) is 7.92. The summed E-state index contributed by atoms with van der Waals surface area (Å²) in [7, 11) is 0. The molecule has 1 aliphatic carbocycles. The van der Waals surface area contributed by atoms with E-state index in [2.05, 4.69) is 16.3 Å². The van der Waals surface area contributed by atoms with Crippen molar-refractivity contribution >= 4 is 0 Å². The van der Waals surface area contributed by atoms with Crippen molar-refractivity contribution in [3.63, 3.8) is 0 Å². The molecule has 2 aliphatic rings. The first-order valence-electron chi connectivity index (χ1n) is 8.91. The molecule has 1 saturated heterocycles. The number of hydrogen-bond acceptors (Lipinski definition) is 4. The number of likely N-dealkylation sites (tertiary alicyclic amines) is 1. The lowest BCUT2D eigenvalue weighted by Crippen LogP contribution is -2.51. The summed E-state index contributed by atoms with van der Waals surface area (Å²) in [6.45, 7) is 3.04. The number of piperidine rings is 1. The van der Waals surface area contributed by atoms with Crippen molar-refractivity contribution in [3.05, 3.63) is 35.4 Å². The summed E-state index contributed by atoms with van der Waals surface area (Å²) < 4.78 is 0. The molecule has 2 N–H and O–H groups in total. The van der Waals surface area contributed by atoms with Gasteiger partial charge in [-0.1, -0.05) is 25.0 Å². The Labute approximate surface area is 139 Å². The fourth-order valence-electron chi connectivity index (χ4n) is 3.91. The van der Waals surface area contributed by atoms with Crippen molar-refractivity contribution in [2.45, 2.75) is 63.3 Å². The molecule has 3 rings (SSSR count). The largest absolute Gasteiger partial charge is 0.391 e. The maximum Gasteiger partial charge on any atom is 0.0991 e. The summed E-state index contributed by atoms with van der Waals surface area (Å²) in [5, 5.41) is 22.7. The van der Waals surface area contributed by atoms with Crippen LogP contribution in [0.25, 0.3) is 0 Å². The van der Waals surface area contributed by atoms with E-state index in [0.717, 1.165) is 45.3 Å². The van der Waals surface area contributed by atoms with Crippen LogP contribution in [0.1, 0.15) is 49.7 Å². The normalized spacial score (nSPS) is 26.8. The molecule has 0 aromatic heterocycles. The third kappa shape index (κ3) is 4.32. The lowest BCUT2D eigenvalue weighted by Gasteiger charge is -2.41. The fraction of sp³-hybridized carbons (Fsp3) is 0.632. The standard InChI is InChI=1S/C19H27N3O/c20-13-15-5-7-16(8-6-15)14-21-17-9-11-22(12-10-17)18-3-1-2-4-19(18)23/h5-8,17-19,21,23H,1-4,9-12,14H2. The average Bonchev–Trinajstić information content (AvgIpc) is 2.61. The number of aliphatic hydroxyl groups is 1. The van der Waals surface area contributed by atoms with Gasteiger partial charge in [0.05, 0.1) is 17.7 Å². The third-order valence-electron chi connectivity index (χ3n) is 5.37. The Bertz CT molecular complexity index is 529. The summed E-state index contributed by atoms with van der Waals surface area (Å²) in [4.78, 5) is 2.50. The summed E-state index contributed by atoms with van der Waals surface area (Å²) in [5.41, 5.74) is 1.95. The van der Waals surface area contributed by atoms with E-state index >= 15 is 0 Å². The highest BCUT2D eigenvalue weighted by Crippen LogP contribution is 2.25. The minimum absolute atomic E-state index is 0.119. The van der Waals surface area contributed by atoms with Crippen molar-refractivity contribution in [3.8, 4) is 6.07 Å². The topological polar surface area (TPSA) is 59.3 Å². The van der Waals surface area contributed by atoms with Crippen LogP contribution >= 0.6 is 0 Å². The third-order valence-corrected chi connectivity index (χ3v) is 5.37. The maximum atomic E-state index is 10.2. The Balaban J connectivity index is 1.43. The van der Waals surface area contributed by atoms with Crippen LogP contribution in [0.3, 0.4) is 0 Å². The van der Waals surface area contributed by atoms with Crippen molar-refractivity contribution in [2.75, 3.05) is 13.1 Å². The summed E-state index contributed by atoms with van der Waals surface area (Å²) in [6, 6.07) is 10.9. The van der Waals surface area contributed by atoms with E-state index < -0.39 is 0 Å². The van der Waals surface area contributed by atoms with Crippen LogP contribution in [-0.4, -0.2) is 41.3 Å². The molecule has 1 heterocycles. The molecule has 4 heteroatoms. The summed E-state index contributed by atoms with van der Waals surface area (Å²) >= 11 is 0. The lowest BCUT2D eigenvalue weighted by atomic mass is 9.89. The van der Waals surface area contributed by atoms with Gasteiger partial charge in [-0.3, -0.25) is 4.90 Å². The number of hydrogen-bond donors (Lipinski definition) is 2. The van der Waals surface area contributed by atoms with E-state index in [-0.39, 0.29) is 6.10 Å². The molecule has 2 fully saturated rings.